The maximum atomic E-state index is 12.6. The fourth-order valence-electron chi connectivity index (χ4n) is 2.99. The van der Waals surface area contributed by atoms with Gasteiger partial charge in [0.25, 0.3) is 0 Å². The SMILES string of the molecule is Cc1cc(-n2c(C)cc(C(=O)COC(=O)c3nccnc3N)c2C)ccc1Br. The number of esters is 1. The predicted molar refractivity (Wildman–Crippen MR) is 109 cm³/mol. The Morgan fingerprint density at radius 2 is 1.86 bits per heavy atom. The molecule has 2 heterocycles. The monoisotopic (exact) mass is 442 g/mol. The molecule has 28 heavy (non-hydrogen) atoms. The lowest BCUT2D eigenvalue weighted by Crippen LogP contribution is -2.17. The molecule has 2 N–H and O–H groups in total. The van der Waals surface area contributed by atoms with Gasteiger partial charge < -0.3 is 15.0 Å². The molecular weight excluding hydrogens is 424 g/mol. The number of nitrogens with zero attached hydrogens (tertiary/aromatic N) is 3. The second-order valence-electron chi connectivity index (χ2n) is 6.34. The molecule has 0 saturated carbocycles. The number of benzene rings is 1. The van der Waals surface area contributed by atoms with Crippen LogP contribution in [0.4, 0.5) is 5.82 Å². The van der Waals surface area contributed by atoms with Gasteiger partial charge in [0.2, 0.25) is 5.78 Å². The summed E-state index contributed by atoms with van der Waals surface area (Å²) < 4.78 is 8.10. The highest BCUT2D eigenvalue weighted by Crippen LogP contribution is 2.25. The molecule has 144 valence electrons. The molecule has 8 heteroatoms. The number of carbonyl (C=O) groups is 2. The Morgan fingerprint density at radius 1 is 1.14 bits per heavy atom. The van der Waals surface area contributed by atoms with Gasteiger partial charge in [0, 0.05) is 39.5 Å². The number of hydrogen-bond donors (Lipinski definition) is 1. The van der Waals surface area contributed by atoms with E-state index in [4.69, 9.17) is 10.5 Å². The number of nitrogen functional groups attached to an aromatic ring is 1. The molecule has 0 aliphatic carbocycles. The number of ketones is 1. The molecule has 0 aliphatic heterocycles. The number of Topliss-reactive ketones (excluding diaryl/α,β-unsaturated/α-hetero) is 1. The van der Waals surface area contributed by atoms with E-state index in [0.29, 0.717) is 5.56 Å². The van der Waals surface area contributed by atoms with Gasteiger partial charge in [-0.1, -0.05) is 15.9 Å². The predicted octanol–water partition coefficient (Wildman–Crippen LogP) is 3.58. The zero-order valence-corrected chi connectivity index (χ0v) is 17.3. The number of halogens is 1. The van der Waals surface area contributed by atoms with Crippen molar-refractivity contribution in [2.75, 3.05) is 12.3 Å². The number of hydrogen-bond acceptors (Lipinski definition) is 6. The average molecular weight is 443 g/mol. The third-order valence-electron chi connectivity index (χ3n) is 4.39. The van der Waals surface area contributed by atoms with E-state index in [9.17, 15) is 9.59 Å². The van der Waals surface area contributed by atoms with Crippen LogP contribution in [0.3, 0.4) is 0 Å². The second kappa shape index (κ2) is 7.93. The van der Waals surface area contributed by atoms with Gasteiger partial charge in [0.05, 0.1) is 0 Å². The van der Waals surface area contributed by atoms with Gasteiger partial charge in [0.15, 0.2) is 18.1 Å². The molecule has 1 aromatic carbocycles. The lowest BCUT2D eigenvalue weighted by Gasteiger charge is -2.11. The van der Waals surface area contributed by atoms with Crippen molar-refractivity contribution in [1.29, 1.82) is 0 Å². The molecule has 0 amide bonds. The van der Waals surface area contributed by atoms with Crippen LogP contribution in [0, 0.1) is 20.8 Å². The Hall–Kier alpha value is -3.00. The summed E-state index contributed by atoms with van der Waals surface area (Å²) in [5, 5.41) is 0. The van der Waals surface area contributed by atoms with Crippen LogP contribution in [0.15, 0.2) is 41.1 Å². The van der Waals surface area contributed by atoms with E-state index in [1.165, 1.54) is 12.4 Å². The van der Waals surface area contributed by atoms with Crippen LogP contribution in [-0.2, 0) is 4.74 Å². The Labute approximate surface area is 170 Å². The highest BCUT2D eigenvalue weighted by atomic mass is 79.9. The first-order valence-corrected chi connectivity index (χ1v) is 9.31. The fraction of sp³-hybridized carbons (Fsp3) is 0.200. The molecule has 0 bridgehead atoms. The number of carbonyl (C=O) groups excluding carboxylic acids is 2. The Balaban J connectivity index is 1.80. The van der Waals surface area contributed by atoms with E-state index in [2.05, 4.69) is 25.9 Å². The summed E-state index contributed by atoms with van der Waals surface area (Å²) in [7, 11) is 0. The summed E-state index contributed by atoms with van der Waals surface area (Å²) in [4.78, 5) is 32.3. The Morgan fingerprint density at radius 3 is 2.54 bits per heavy atom. The number of aryl methyl sites for hydroxylation is 2. The number of rotatable bonds is 5. The molecule has 0 atom stereocenters. The van der Waals surface area contributed by atoms with E-state index >= 15 is 0 Å². The molecular formula is C20H19BrN4O3. The molecule has 0 unspecified atom stereocenters. The topological polar surface area (TPSA) is 100 Å². The minimum absolute atomic E-state index is 0.0382. The lowest BCUT2D eigenvalue weighted by atomic mass is 10.1. The largest absolute Gasteiger partial charge is 0.452 e. The van der Waals surface area contributed by atoms with Crippen LogP contribution >= 0.6 is 15.9 Å². The van der Waals surface area contributed by atoms with E-state index in [1.54, 1.807) is 6.07 Å². The number of nitrogens with two attached hydrogens (primary N) is 1. The van der Waals surface area contributed by atoms with Crippen LogP contribution in [0.5, 0.6) is 0 Å². The molecule has 0 radical (unpaired) electrons. The van der Waals surface area contributed by atoms with Crippen LogP contribution < -0.4 is 5.73 Å². The lowest BCUT2D eigenvalue weighted by molar-refractivity contribution is 0.0469. The van der Waals surface area contributed by atoms with Gasteiger partial charge in [-0.2, -0.15) is 0 Å². The molecule has 0 spiro atoms. The fourth-order valence-corrected chi connectivity index (χ4v) is 3.24. The Bertz CT molecular complexity index is 1080. The molecule has 3 aromatic rings. The number of ether oxygens (including phenoxy) is 1. The second-order valence-corrected chi connectivity index (χ2v) is 7.20. The van der Waals surface area contributed by atoms with Crippen molar-refractivity contribution in [2.45, 2.75) is 20.8 Å². The van der Waals surface area contributed by atoms with Crippen molar-refractivity contribution in [3.63, 3.8) is 0 Å². The van der Waals surface area contributed by atoms with Crippen LogP contribution in [0.25, 0.3) is 5.69 Å². The van der Waals surface area contributed by atoms with Gasteiger partial charge in [0.1, 0.15) is 0 Å². The minimum Gasteiger partial charge on any atom is -0.452 e. The maximum Gasteiger partial charge on any atom is 0.361 e. The van der Waals surface area contributed by atoms with Crippen molar-refractivity contribution in [3.05, 3.63) is 69.3 Å². The first kappa shape index (κ1) is 19.8. The van der Waals surface area contributed by atoms with Crippen molar-refractivity contribution < 1.29 is 14.3 Å². The first-order valence-electron chi connectivity index (χ1n) is 8.52. The smallest absolute Gasteiger partial charge is 0.361 e. The normalized spacial score (nSPS) is 10.7. The first-order chi connectivity index (χ1) is 13.3. The third-order valence-corrected chi connectivity index (χ3v) is 5.28. The average Bonchev–Trinajstić information content (AvgIpc) is 2.96. The molecule has 0 fully saturated rings. The molecule has 7 nitrogen and oxygen atoms in total. The summed E-state index contributed by atoms with van der Waals surface area (Å²) in [6.07, 6.45) is 2.71. The Kier molecular flexibility index (Phi) is 5.60. The van der Waals surface area contributed by atoms with Gasteiger partial charge in [-0.15, -0.1) is 0 Å². The van der Waals surface area contributed by atoms with E-state index in [0.717, 1.165) is 27.1 Å². The summed E-state index contributed by atoms with van der Waals surface area (Å²) in [6, 6.07) is 7.77. The van der Waals surface area contributed by atoms with Crippen molar-refractivity contribution in [2.24, 2.45) is 0 Å². The molecule has 2 aromatic heterocycles. The van der Waals surface area contributed by atoms with E-state index < -0.39 is 12.6 Å². The van der Waals surface area contributed by atoms with Gasteiger partial charge in [-0.25, -0.2) is 14.8 Å². The highest BCUT2D eigenvalue weighted by Gasteiger charge is 2.20. The third kappa shape index (κ3) is 3.82. The molecule has 0 aliphatic rings. The van der Waals surface area contributed by atoms with Crippen LogP contribution in [0.2, 0.25) is 0 Å². The van der Waals surface area contributed by atoms with Crippen molar-refractivity contribution in [1.82, 2.24) is 14.5 Å². The summed E-state index contributed by atoms with van der Waals surface area (Å²) in [5.41, 5.74) is 9.74. The highest BCUT2D eigenvalue weighted by molar-refractivity contribution is 9.10. The van der Waals surface area contributed by atoms with Gasteiger partial charge in [-0.05, 0) is 50.6 Å². The zero-order valence-electron chi connectivity index (χ0n) is 15.7. The standard InChI is InChI=1S/C20H19BrN4O3/c1-11-8-14(4-5-16(11)21)25-12(2)9-15(13(25)3)17(26)10-28-20(27)18-19(22)24-7-6-23-18/h4-9H,10H2,1-3H3,(H2,22,24). The summed E-state index contributed by atoms with van der Waals surface area (Å²) >= 11 is 3.50. The molecule has 0 saturated heterocycles. The van der Waals surface area contributed by atoms with Crippen molar-refractivity contribution >= 4 is 33.5 Å². The minimum atomic E-state index is -0.781. The van der Waals surface area contributed by atoms with E-state index in [-0.39, 0.29) is 17.3 Å². The summed E-state index contributed by atoms with van der Waals surface area (Å²) in [6.45, 7) is 5.39. The van der Waals surface area contributed by atoms with Gasteiger partial charge in [-0.3, -0.25) is 4.79 Å². The van der Waals surface area contributed by atoms with E-state index in [1.807, 2.05) is 43.5 Å². The summed E-state index contributed by atoms with van der Waals surface area (Å²) in [5.74, 6) is -1.12. The quantitative estimate of drug-likeness (QED) is 0.478. The zero-order chi connectivity index (χ0) is 20.4. The van der Waals surface area contributed by atoms with Gasteiger partial charge >= 0.3 is 5.97 Å². The van der Waals surface area contributed by atoms with Crippen LogP contribution in [-0.4, -0.2) is 32.9 Å². The number of aromatic nitrogens is 3. The van der Waals surface area contributed by atoms with Crippen molar-refractivity contribution in [3.8, 4) is 5.69 Å². The maximum absolute atomic E-state index is 12.6. The van der Waals surface area contributed by atoms with Crippen LogP contribution in [0.1, 0.15) is 37.8 Å². The molecule has 3 rings (SSSR count). The number of anilines is 1.